The second-order valence-electron chi connectivity index (χ2n) is 5.38. The maximum Gasteiger partial charge on any atom is 0.0601 e. The van der Waals surface area contributed by atoms with Crippen LogP contribution in [0, 0.1) is 5.92 Å². The first-order chi connectivity index (χ1) is 8.79. The van der Waals surface area contributed by atoms with Crippen molar-refractivity contribution in [2.24, 2.45) is 11.1 Å². The molecule has 1 atom stereocenters. The number of oxime groups is 1. The van der Waals surface area contributed by atoms with Gasteiger partial charge in [-0.25, -0.2) is 0 Å². The Morgan fingerprint density at radius 3 is 2.00 bits per heavy atom. The fourth-order valence-corrected chi connectivity index (χ4v) is 2.44. The third-order valence-electron chi connectivity index (χ3n) is 3.70. The zero-order chi connectivity index (χ0) is 13.6. The van der Waals surface area contributed by atoms with Crippen LogP contribution in [0.1, 0.15) is 91.4 Å². The molecule has 108 valence electrons. The Morgan fingerprint density at radius 1 is 0.833 bits per heavy atom. The molecular formula is C16H33NO. The lowest BCUT2D eigenvalue weighted by atomic mass is 9.88. The van der Waals surface area contributed by atoms with Crippen LogP contribution in [-0.2, 0) is 0 Å². The lowest BCUT2D eigenvalue weighted by Gasteiger charge is -2.18. The van der Waals surface area contributed by atoms with E-state index in [1.807, 2.05) is 0 Å². The van der Waals surface area contributed by atoms with Crippen LogP contribution in [0.4, 0.5) is 0 Å². The lowest BCUT2D eigenvalue weighted by molar-refractivity contribution is 0.310. The Balaban J connectivity index is 4.16. The van der Waals surface area contributed by atoms with Crippen LogP contribution in [-0.4, -0.2) is 10.9 Å². The van der Waals surface area contributed by atoms with Crippen molar-refractivity contribution in [1.82, 2.24) is 0 Å². The number of rotatable bonds is 12. The molecule has 0 radical (unpaired) electrons. The summed E-state index contributed by atoms with van der Waals surface area (Å²) in [5, 5.41) is 12.8. The molecule has 18 heavy (non-hydrogen) atoms. The van der Waals surface area contributed by atoms with E-state index in [2.05, 4.69) is 25.9 Å². The van der Waals surface area contributed by atoms with Crippen LogP contribution in [0.25, 0.3) is 0 Å². The van der Waals surface area contributed by atoms with E-state index in [1.54, 1.807) is 0 Å². The molecule has 0 saturated carbocycles. The monoisotopic (exact) mass is 255 g/mol. The van der Waals surface area contributed by atoms with Gasteiger partial charge in [-0.05, 0) is 25.7 Å². The molecule has 2 nitrogen and oxygen atoms in total. The Labute approximate surface area is 114 Å². The molecule has 0 aliphatic rings. The molecule has 0 saturated heterocycles. The minimum Gasteiger partial charge on any atom is -0.411 e. The van der Waals surface area contributed by atoms with Crippen LogP contribution in [0.3, 0.4) is 0 Å². The van der Waals surface area contributed by atoms with Crippen molar-refractivity contribution >= 4 is 5.71 Å². The average Bonchev–Trinajstić information content (AvgIpc) is 2.40. The summed E-state index contributed by atoms with van der Waals surface area (Å²) in [6, 6.07) is 0. The Kier molecular flexibility index (Phi) is 12.5. The first-order valence-electron chi connectivity index (χ1n) is 8.00. The summed E-state index contributed by atoms with van der Waals surface area (Å²) in [7, 11) is 0. The van der Waals surface area contributed by atoms with Crippen molar-refractivity contribution < 1.29 is 5.21 Å². The second kappa shape index (κ2) is 12.9. The van der Waals surface area contributed by atoms with Gasteiger partial charge in [-0.15, -0.1) is 0 Å². The van der Waals surface area contributed by atoms with E-state index in [9.17, 15) is 5.21 Å². The van der Waals surface area contributed by atoms with E-state index in [-0.39, 0.29) is 0 Å². The van der Waals surface area contributed by atoms with Crippen molar-refractivity contribution in [3.63, 3.8) is 0 Å². The normalized spacial score (nSPS) is 13.8. The maximum absolute atomic E-state index is 9.21. The van der Waals surface area contributed by atoms with Gasteiger partial charge in [-0.3, -0.25) is 0 Å². The van der Waals surface area contributed by atoms with Crippen molar-refractivity contribution in [1.29, 1.82) is 0 Å². The largest absolute Gasteiger partial charge is 0.411 e. The fraction of sp³-hybridized carbons (Fsp3) is 0.938. The molecule has 0 aliphatic carbocycles. The molecule has 0 fully saturated rings. The SMILES string of the molecule is CCCCCCC(CCCC)C(CCCC)=NO. The molecule has 0 bridgehead atoms. The first kappa shape index (κ1) is 17.5. The summed E-state index contributed by atoms with van der Waals surface area (Å²) < 4.78 is 0. The van der Waals surface area contributed by atoms with Crippen molar-refractivity contribution in [3.05, 3.63) is 0 Å². The third-order valence-corrected chi connectivity index (χ3v) is 3.70. The van der Waals surface area contributed by atoms with E-state index in [1.165, 1.54) is 57.8 Å². The van der Waals surface area contributed by atoms with Crippen molar-refractivity contribution in [2.75, 3.05) is 0 Å². The van der Waals surface area contributed by atoms with Crippen molar-refractivity contribution in [2.45, 2.75) is 91.4 Å². The maximum atomic E-state index is 9.21. The van der Waals surface area contributed by atoms with Crippen LogP contribution >= 0.6 is 0 Å². The minimum atomic E-state index is 0.526. The predicted octanol–water partition coefficient (Wildman–Crippen LogP) is 5.78. The van der Waals surface area contributed by atoms with E-state index < -0.39 is 0 Å². The minimum absolute atomic E-state index is 0.526. The highest BCUT2D eigenvalue weighted by Gasteiger charge is 2.15. The van der Waals surface area contributed by atoms with Gasteiger partial charge < -0.3 is 5.21 Å². The summed E-state index contributed by atoms with van der Waals surface area (Å²) in [5.41, 5.74) is 1.06. The van der Waals surface area contributed by atoms with Crippen LogP contribution in [0.2, 0.25) is 0 Å². The smallest absolute Gasteiger partial charge is 0.0601 e. The molecule has 0 aromatic rings. The highest BCUT2D eigenvalue weighted by atomic mass is 16.4. The molecule has 0 amide bonds. The Bertz CT molecular complexity index is 201. The highest BCUT2D eigenvalue weighted by Crippen LogP contribution is 2.21. The number of hydrogen-bond donors (Lipinski definition) is 1. The average molecular weight is 255 g/mol. The van der Waals surface area contributed by atoms with E-state index in [0.29, 0.717) is 5.92 Å². The summed E-state index contributed by atoms with van der Waals surface area (Å²) in [6.45, 7) is 6.67. The third kappa shape index (κ3) is 8.54. The quantitative estimate of drug-likeness (QED) is 0.204. The fourth-order valence-electron chi connectivity index (χ4n) is 2.44. The van der Waals surface area contributed by atoms with Gasteiger partial charge >= 0.3 is 0 Å². The highest BCUT2D eigenvalue weighted by molar-refractivity contribution is 5.86. The van der Waals surface area contributed by atoms with E-state index in [4.69, 9.17) is 0 Å². The van der Waals surface area contributed by atoms with Crippen LogP contribution in [0.5, 0.6) is 0 Å². The molecule has 0 spiro atoms. The summed E-state index contributed by atoms with van der Waals surface area (Å²) in [6.07, 6.45) is 13.4. The number of nitrogens with zero attached hydrogens (tertiary/aromatic N) is 1. The summed E-state index contributed by atoms with van der Waals surface area (Å²) in [4.78, 5) is 0. The molecule has 1 N–H and O–H groups in total. The number of unbranched alkanes of at least 4 members (excludes halogenated alkanes) is 5. The van der Waals surface area contributed by atoms with Crippen LogP contribution in [0.15, 0.2) is 5.16 Å². The number of hydrogen-bond acceptors (Lipinski definition) is 2. The lowest BCUT2D eigenvalue weighted by Crippen LogP contribution is -2.15. The topological polar surface area (TPSA) is 32.6 Å². The standard InChI is InChI=1S/C16H33NO/c1-4-7-10-11-13-15(12-8-5-2)16(17-18)14-9-6-3/h15,18H,4-14H2,1-3H3. The van der Waals surface area contributed by atoms with Gasteiger partial charge in [0.1, 0.15) is 0 Å². The molecule has 2 heteroatoms. The van der Waals surface area contributed by atoms with Gasteiger partial charge in [0.2, 0.25) is 0 Å². The summed E-state index contributed by atoms with van der Waals surface area (Å²) >= 11 is 0. The molecular weight excluding hydrogens is 222 g/mol. The molecule has 1 unspecified atom stereocenters. The zero-order valence-corrected chi connectivity index (χ0v) is 12.7. The molecule has 0 aliphatic heterocycles. The Hall–Kier alpha value is -0.530. The van der Waals surface area contributed by atoms with Gasteiger partial charge in [-0.1, -0.05) is 70.9 Å². The predicted molar refractivity (Wildman–Crippen MR) is 80.5 cm³/mol. The molecule has 0 aromatic heterocycles. The van der Waals surface area contributed by atoms with Gasteiger partial charge in [0.05, 0.1) is 5.71 Å². The van der Waals surface area contributed by atoms with Crippen molar-refractivity contribution in [3.8, 4) is 0 Å². The van der Waals surface area contributed by atoms with E-state index in [0.717, 1.165) is 18.6 Å². The van der Waals surface area contributed by atoms with Gasteiger partial charge in [0.25, 0.3) is 0 Å². The second-order valence-corrected chi connectivity index (χ2v) is 5.38. The van der Waals surface area contributed by atoms with E-state index >= 15 is 0 Å². The summed E-state index contributed by atoms with van der Waals surface area (Å²) in [5.74, 6) is 0.526. The van der Waals surface area contributed by atoms with Gasteiger partial charge in [0, 0.05) is 5.92 Å². The van der Waals surface area contributed by atoms with Gasteiger partial charge in [-0.2, -0.15) is 0 Å². The molecule has 0 aromatic carbocycles. The Morgan fingerprint density at radius 2 is 1.44 bits per heavy atom. The zero-order valence-electron chi connectivity index (χ0n) is 12.7. The van der Waals surface area contributed by atoms with Crippen LogP contribution < -0.4 is 0 Å². The molecule has 0 heterocycles. The molecule has 0 rings (SSSR count). The van der Waals surface area contributed by atoms with Gasteiger partial charge in [0.15, 0.2) is 0 Å². The first-order valence-corrected chi connectivity index (χ1v) is 8.00.